The number of nitrogens with zero attached hydrogens (tertiary/aromatic N) is 3. The summed E-state index contributed by atoms with van der Waals surface area (Å²) in [5.41, 5.74) is 14.9. The molecule has 2 aliphatic heterocycles. The van der Waals surface area contributed by atoms with E-state index in [4.69, 9.17) is 16.2 Å². The summed E-state index contributed by atoms with van der Waals surface area (Å²) in [5.74, 6) is -1.70. The number of aromatic nitrogens is 1. The molecule has 0 saturated carbocycles. The number of nitrogens with two attached hydrogens (primary N) is 2. The maximum Gasteiger partial charge on any atom is 0.415 e. The number of hydrogen-bond donors (Lipinski definition) is 7. The highest BCUT2D eigenvalue weighted by molar-refractivity contribution is 9.09. The molecule has 376 valence electrons. The number of halogens is 1. The number of primary amides is 1. The number of anilines is 2. The molecule has 18 nitrogen and oxygen atoms in total. The van der Waals surface area contributed by atoms with Gasteiger partial charge in [0.05, 0.1) is 11.7 Å². The number of Topliss-reactive ketones (excluding diaryl/α,β-unsaturated/α-hetero) is 1. The van der Waals surface area contributed by atoms with Gasteiger partial charge in [-0.2, -0.15) is 0 Å². The van der Waals surface area contributed by atoms with Crippen LogP contribution in [0.2, 0.25) is 0 Å². The molecule has 4 aromatic carbocycles. The van der Waals surface area contributed by atoms with Gasteiger partial charge in [-0.1, -0.05) is 66.2 Å². The molecule has 2 unspecified atom stereocenters. The molecule has 19 heteroatoms. The Bertz CT molecular complexity index is 2770. The Kier molecular flexibility index (Phi) is 17.5. The average Bonchev–Trinajstić information content (AvgIpc) is 3.96. The predicted molar refractivity (Wildman–Crippen MR) is 277 cm³/mol. The zero-order valence-corrected chi connectivity index (χ0v) is 41.9. The largest absolute Gasteiger partial charge is 0.415 e. The smallest absolute Gasteiger partial charge is 0.409 e. The molecule has 0 spiro atoms. The van der Waals surface area contributed by atoms with Gasteiger partial charge in [-0.3, -0.25) is 24.0 Å². The fourth-order valence-electron chi connectivity index (χ4n) is 9.20. The SMILES string of the molecule is CC(C)C(CCC(=O)NCCN)C(=O)NC(CCCNC(N)=O)C(=O)Cc1ccc(C(=O)Nc2ccc3[nH]c(C(=O)N4C[C@@H](CBr)c5c4cc(OC(=O)N4CCN(C)CC4)c4ccccc54)cc3c2)cc1. The first-order valence-corrected chi connectivity index (χ1v) is 25.2. The maximum absolute atomic E-state index is 14.4. The van der Waals surface area contributed by atoms with Crippen LogP contribution >= 0.6 is 15.9 Å². The van der Waals surface area contributed by atoms with Gasteiger partial charge in [-0.05, 0) is 85.1 Å². The summed E-state index contributed by atoms with van der Waals surface area (Å²) in [6, 6.07) is 21.7. The molecule has 2 aliphatic rings. The Hall–Kier alpha value is -6.83. The minimum atomic E-state index is -0.874. The van der Waals surface area contributed by atoms with E-state index < -0.39 is 24.1 Å². The molecule has 0 bridgehead atoms. The maximum atomic E-state index is 14.4. The topological polar surface area (TPSA) is 254 Å². The number of ketones is 1. The zero-order valence-electron chi connectivity index (χ0n) is 40.4. The number of nitrogens with one attached hydrogen (secondary N) is 5. The van der Waals surface area contributed by atoms with Crippen molar-refractivity contribution in [3.8, 4) is 5.75 Å². The molecule has 7 rings (SSSR count). The lowest BCUT2D eigenvalue weighted by Gasteiger charge is -2.31. The fourth-order valence-corrected chi connectivity index (χ4v) is 9.73. The summed E-state index contributed by atoms with van der Waals surface area (Å²) in [4.78, 5) is 101. The van der Waals surface area contributed by atoms with E-state index >= 15 is 0 Å². The van der Waals surface area contributed by atoms with Crippen molar-refractivity contribution in [2.24, 2.45) is 23.3 Å². The second-order valence-electron chi connectivity index (χ2n) is 18.6. The lowest BCUT2D eigenvalue weighted by Crippen LogP contribution is -2.48. The number of piperazine rings is 1. The van der Waals surface area contributed by atoms with Gasteiger partial charge >= 0.3 is 12.1 Å². The van der Waals surface area contributed by atoms with Crippen LogP contribution in [0.25, 0.3) is 21.7 Å². The average molecular weight is 1040 g/mol. The van der Waals surface area contributed by atoms with Crippen molar-refractivity contribution < 1.29 is 38.3 Å². The molecule has 3 heterocycles. The number of ether oxygens (including phenoxy) is 1. The van der Waals surface area contributed by atoms with Gasteiger partial charge in [0.15, 0.2) is 5.78 Å². The number of rotatable bonds is 20. The van der Waals surface area contributed by atoms with E-state index in [0.29, 0.717) is 95.7 Å². The minimum absolute atomic E-state index is 0.0161. The van der Waals surface area contributed by atoms with Crippen molar-refractivity contribution in [2.45, 2.75) is 57.9 Å². The van der Waals surface area contributed by atoms with Crippen LogP contribution < -0.4 is 42.4 Å². The van der Waals surface area contributed by atoms with E-state index in [1.165, 1.54) is 0 Å². The molecular formula is C52H63BrN10O8. The van der Waals surface area contributed by atoms with Gasteiger partial charge in [-0.15, -0.1) is 0 Å². The third-order valence-electron chi connectivity index (χ3n) is 13.2. The van der Waals surface area contributed by atoms with Crippen molar-refractivity contribution in [2.75, 3.05) is 75.0 Å². The molecule has 71 heavy (non-hydrogen) atoms. The monoisotopic (exact) mass is 1030 g/mol. The van der Waals surface area contributed by atoms with Gasteiger partial charge in [0.25, 0.3) is 11.8 Å². The number of likely N-dealkylation sites (N-methyl/N-ethyl adjacent to an activating group) is 1. The molecule has 1 saturated heterocycles. The van der Waals surface area contributed by atoms with Crippen LogP contribution in [-0.4, -0.2) is 127 Å². The van der Waals surface area contributed by atoms with Gasteiger partial charge in [0, 0.05) is 116 Å². The number of alkyl halides is 1. The highest BCUT2D eigenvalue weighted by Gasteiger charge is 2.36. The van der Waals surface area contributed by atoms with Crippen LogP contribution in [-0.2, 0) is 20.8 Å². The van der Waals surface area contributed by atoms with Crippen molar-refractivity contribution >= 4 is 90.5 Å². The van der Waals surface area contributed by atoms with Gasteiger partial charge in [0.1, 0.15) is 11.4 Å². The molecule has 0 aliphatic carbocycles. The fraction of sp³-hybridized carbons (Fsp3) is 0.404. The Morgan fingerprint density at radius 1 is 0.873 bits per heavy atom. The summed E-state index contributed by atoms with van der Waals surface area (Å²) in [6.45, 7) is 7.67. The molecule has 3 atom stereocenters. The Labute approximate surface area is 421 Å². The minimum Gasteiger partial charge on any atom is -0.409 e. The van der Waals surface area contributed by atoms with Crippen LogP contribution in [0.3, 0.4) is 0 Å². The second-order valence-corrected chi connectivity index (χ2v) is 19.2. The number of amides is 7. The molecule has 1 fully saturated rings. The van der Waals surface area contributed by atoms with Crippen molar-refractivity contribution in [3.63, 3.8) is 0 Å². The molecule has 9 N–H and O–H groups in total. The highest BCUT2D eigenvalue weighted by Crippen LogP contribution is 2.46. The number of fused-ring (bicyclic) bond motifs is 4. The number of urea groups is 1. The van der Waals surface area contributed by atoms with Gasteiger partial charge < -0.3 is 57.2 Å². The van der Waals surface area contributed by atoms with Crippen molar-refractivity contribution in [1.29, 1.82) is 0 Å². The first-order chi connectivity index (χ1) is 34.1. The van der Waals surface area contributed by atoms with E-state index in [-0.39, 0.29) is 67.1 Å². The number of benzene rings is 4. The van der Waals surface area contributed by atoms with Crippen LogP contribution in [0.4, 0.5) is 21.0 Å². The number of carbonyl (C=O) groups excluding carboxylic acids is 7. The van der Waals surface area contributed by atoms with Gasteiger partial charge in [0.2, 0.25) is 11.8 Å². The summed E-state index contributed by atoms with van der Waals surface area (Å²) >= 11 is 3.68. The first kappa shape index (κ1) is 52.0. The molecular weight excluding hydrogens is 973 g/mol. The van der Waals surface area contributed by atoms with Crippen LogP contribution in [0.5, 0.6) is 5.75 Å². The molecule has 0 radical (unpaired) electrons. The lowest BCUT2D eigenvalue weighted by atomic mass is 9.89. The predicted octanol–water partition coefficient (Wildman–Crippen LogP) is 5.63. The Morgan fingerprint density at radius 2 is 1.61 bits per heavy atom. The van der Waals surface area contributed by atoms with E-state index in [1.807, 2.05) is 45.2 Å². The number of hydrogen-bond acceptors (Lipinski definition) is 10. The summed E-state index contributed by atoms with van der Waals surface area (Å²) in [5, 5.41) is 14.1. The van der Waals surface area contributed by atoms with Gasteiger partial charge in [-0.25, -0.2) is 9.59 Å². The first-order valence-electron chi connectivity index (χ1n) is 24.1. The Balaban J connectivity index is 1.01. The van der Waals surface area contributed by atoms with Crippen LogP contribution in [0.15, 0.2) is 78.9 Å². The lowest BCUT2D eigenvalue weighted by molar-refractivity contribution is -0.131. The number of carbonyl (C=O) groups is 7. The van der Waals surface area contributed by atoms with E-state index in [9.17, 15) is 33.6 Å². The van der Waals surface area contributed by atoms with E-state index in [2.05, 4.69) is 47.1 Å². The zero-order chi connectivity index (χ0) is 50.8. The summed E-state index contributed by atoms with van der Waals surface area (Å²) in [6.07, 6.45) is 0.585. The molecule has 7 amide bonds. The van der Waals surface area contributed by atoms with Crippen molar-refractivity contribution in [3.05, 3.63) is 101 Å². The molecule has 1 aromatic heterocycles. The van der Waals surface area contributed by atoms with E-state index in [0.717, 1.165) is 29.4 Å². The third kappa shape index (κ3) is 12.9. The Morgan fingerprint density at radius 3 is 2.30 bits per heavy atom. The van der Waals surface area contributed by atoms with Crippen LogP contribution in [0.1, 0.15) is 77.4 Å². The molecule has 5 aromatic rings. The number of H-pyrrole nitrogens is 1. The number of aromatic amines is 1. The second kappa shape index (κ2) is 23.9. The highest BCUT2D eigenvalue weighted by atomic mass is 79.9. The quantitative estimate of drug-likeness (QED) is 0.0374. The summed E-state index contributed by atoms with van der Waals surface area (Å²) in [7, 11) is 2.02. The standard InChI is InChI=1S/C52H63BrN10O8/c1-31(2)37(15-17-46(65)56-20-18-54)49(67)60-41(9-6-19-57-51(55)69)44(64)25-32-10-12-33(13-11-32)48(66)58-36-14-16-40-34(26-36)27-42(59-40)50(68)63-30-35(29-53)47-39-8-5-4-7-38(39)45(28-43(47)63)71-52(70)62-23-21-61(3)22-24-62/h4-5,7-8,10-14,16,26-28,31,35,37,41,59H,6,9,15,17-25,29-30,54H2,1-3H3,(H,56,65)(H,58,66)(H,60,67)(H3,55,57,69)/t35-,37?,41?/m1/s1. The van der Waals surface area contributed by atoms with Crippen LogP contribution in [0, 0.1) is 11.8 Å². The summed E-state index contributed by atoms with van der Waals surface area (Å²) < 4.78 is 6.07. The van der Waals surface area contributed by atoms with Crippen molar-refractivity contribution in [1.82, 2.24) is 30.7 Å². The van der Waals surface area contributed by atoms with E-state index in [1.54, 1.807) is 64.4 Å². The third-order valence-corrected chi connectivity index (χ3v) is 14.0. The normalized spacial score (nSPS) is 15.5.